The maximum atomic E-state index is 11.9. The fourth-order valence-electron chi connectivity index (χ4n) is 4.16. The van der Waals surface area contributed by atoms with Gasteiger partial charge < -0.3 is 10.4 Å². The van der Waals surface area contributed by atoms with Gasteiger partial charge in [-0.25, -0.2) is 0 Å². The molecule has 1 amide bonds. The van der Waals surface area contributed by atoms with Crippen LogP contribution in [0.2, 0.25) is 0 Å². The minimum atomic E-state index is -0.777. The van der Waals surface area contributed by atoms with Crippen LogP contribution in [0.4, 0.5) is 0 Å². The summed E-state index contributed by atoms with van der Waals surface area (Å²) in [5.41, 5.74) is 0. The van der Waals surface area contributed by atoms with E-state index < -0.39 is 12.0 Å². The van der Waals surface area contributed by atoms with Crippen molar-refractivity contribution in [2.24, 2.45) is 0 Å². The van der Waals surface area contributed by atoms with E-state index in [2.05, 4.69) is 24.4 Å². The summed E-state index contributed by atoms with van der Waals surface area (Å²) in [4.78, 5) is 24.8. The van der Waals surface area contributed by atoms with Gasteiger partial charge in [0, 0.05) is 13.0 Å². The SMILES string of the molecule is CC/C=C/CCCCCCCCCCCCCCCC(=O)NCCCC[C@@H](C(=O)O)N(C)C. The zero-order chi connectivity index (χ0) is 24.6. The molecular formula is C28H54N2O3. The van der Waals surface area contributed by atoms with Crippen LogP contribution in [-0.2, 0) is 9.59 Å². The highest BCUT2D eigenvalue weighted by atomic mass is 16.4. The highest BCUT2D eigenvalue weighted by Crippen LogP contribution is 2.13. The highest BCUT2D eigenvalue weighted by Gasteiger charge is 2.18. The zero-order valence-electron chi connectivity index (χ0n) is 22.1. The van der Waals surface area contributed by atoms with Crippen molar-refractivity contribution in [3.8, 4) is 0 Å². The number of unbranched alkanes of at least 4 members (excludes halogenated alkanes) is 14. The van der Waals surface area contributed by atoms with Crippen molar-refractivity contribution < 1.29 is 14.7 Å². The fourth-order valence-corrected chi connectivity index (χ4v) is 4.16. The molecule has 0 saturated heterocycles. The van der Waals surface area contributed by atoms with Crippen molar-refractivity contribution in [3.63, 3.8) is 0 Å². The van der Waals surface area contributed by atoms with Crippen LogP contribution in [0.15, 0.2) is 12.2 Å². The number of carboxylic acid groups (broad SMARTS) is 1. The molecular weight excluding hydrogens is 412 g/mol. The van der Waals surface area contributed by atoms with E-state index in [9.17, 15) is 9.59 Å². The Bertz CT molecular complexity index is 492. The van der Waals surface area contributed by atoms with E-state index in [1.54, 1.807) is 19.0 Å². The number of allylic oxidation sites excluding steroid dienone is 2. The lowest BCUT2D eigenvalue weighted by molar-refractivity contribution is -0.142. The Hall–Kier alpha value is -1.36. The summed E-state index contributed by atoms with van der Waals surface area (Å²) in [5.74, 6) is -0.643. The average molecular weight is 467 g/mol. The molecule has 0 spiro atoms. The summed E-state index contributed by atoms with van der Waals surface area (Å²) in [6.45, 7) is 2.84. The molecule has 0 rings (SSSR count). The third-order valence-electron chi connectivity index (χ3n) is 6.31. The Labute approximate surface area is 204 Å². The molecule has 0 aliphatic carbocycles. The quantitative estimate of drug-likeness (QED) is 0.117. The average Bonchev–Trinajstić information content (AvgIpc) is 2.77. The van der Waals surface area contributed by atoms with Crippen molar-refractivity contribution in [2.75, 3.05) is 20.6 Å². The topological polar surface area (TPSA) is 69.6 Å². The minimum Gasteiger partial charge on any atom is -0.480 e. The van der Waals surface area contributed by atoms with Gasteiger partial charge in [0.2, 0.25) is 5.91 Å². The lowest BCUT2D eigenvalue weighted by Crippen LogP contribution is -2.35. The molecule has 0 radical (unpaired) electrons. The van der Waals surface area contributed by atoms with Crippen LogP contribution in [-0.4, -0.2) is 48.6 Å². The smallest absolute Gasteiger partial charge is 0.320 e. The van der Waals surface area contributed by atoms with Gasteiger partial charge in [0.1, 0.15) is 6.04 Å². The Kier molecular flexibility index (Phi) is 22.8. The minimum absolute atomic E-state index is 0.134. The molecule has 5 heteroatoms. The first-order valence-corrected chi connectivity index (χ1v) is 13.8. The number of rotatable bonds is 24. The summed E-state index contributed by atoms with van der Waals surface area (Å²) in [5, 5.41) is 12.1. The number of amides is 1. The van der Waals surface area contributed by atoms with Crippen LogP contribution in [0.1, 0.15) is 129 Å². The largest absolute Gasteiger partial charge is 0.480 e. The van der Waals surface area contributed by atoms with Crippen LogP contribution in [0.5, 0.6) is 0 Å². The van der Waals surface area contributed by atoms with Gasteiger partial charge in [-0.3, -0.25) is 14.5 Å². The summed E-state index contributed by atoms with van der Waals surface area (Å²) in [7, 11) is 3.58. The van der Waals surface area contributed by atoms with Crippen molar-refractivity contribution in [2.45, 2.75) is 135 Å². The molecule has 0 aromatic heterocycles. The van der Waals surface area contributed by atoms with E-state index in [1.165, 1.54) is 77.0 Å². The summed E-state index contributed by atoms with van der Waals surface area (Å²) >= 11 is 0. The Balaban J connectivity index is 3.31. The van der Waals surface area contributed by atoms with Crippen LogP contribution in [0, 0.1) is 0 Å². The lowest BCUT2D eigenvalue weighted by Gasteiger charge is -2.19. The number of likely N-dealkylation sites (N-methyl/N-ethyl adjacent to an activating group) is 1. The molecule has 0 aliphatic heterocycles. The number of nitrogens with zero attached hydrogens (tertiary/aromatic N) is 1. The van der Waals surface area contributed by atoms with Gasteiger partial charge in [0.15, 0.2) is 0 Å². The van der Waals surface area contributed by atoms with E-state index in [4.69, 9.17) is 5.11 Å². The predicted octanol–water partition coefficient (Wildman–Crippen LogP) is 7.11. The number of hydrogen-bond acceptors (Lipinski definition) is 3. The van der Waals surface area contributed by atoms with Gasteiger partial charge in [-0.05, 0) is 59.0 Å². The van der Waals surface area contributed by atoms with Crippen LogP contribution < -0.4 is 5.32 Å². The van der Waals surface area contributed by atoms with Crippen molar-refractivity contribution >= 4 is 11.9 Å². The molecule has 0 unspecified atom stereocenters. The molecule has 0 bridgehead atoms. The first-order chi connectivity index (χ1) is 16.0. The third kappa shape index (κ3) is 22.2. The first-order valence-electron chi connectivity index (χ1n) is 13.8. The number of aliphatic carboxylic acids is 1. The maximum absolute atomic E-state index is 11.9. The summed E-state index contributed by atoms with van der Waals surface area (Å²) in [6, 6.07) is -0.436. The molecule has 0 aliphatic rings. The molecule has 0 aromatic carbocycles. The van der Waals surface area contributed by atoms with Crippen molar-refractivity contribution in [1.82, 2.24) is 10.2 Å². The van der Waals surface area contributed by atoms with Crippen molar-refractivity contribution in [1.29, 1.82) is 0 Å². The summed E-state index contributed by atoms with van der Waals surface area (Å²) in [6.07, 6.45) is 26.9. The number of carbonyl (C=O) groups excluding carboxylic acids is 1. The first kappa shape index (κ1) is 31.6. The second kappa shape index (κ2) is 23.8. The molecule has 0 saturated carbocycles. The second-order valence-corrected chi connectivity index (χ2v) is 9.68. The van der Waals surface area contributed by atoms with E-state index >= 15 is 0 Å². The standard InChI is InChI=1S/C28H54N2O3/c1-4-5-6-7-8-9-10-11-12-13-14-15-16-17-18-19-20-24-27(31)29-25-22-21-23-26(28(32)33)30(2)3/h5-6,26H,4,7-25H2,1-3H3,(H,29,31)(H,32,33)/b6-5+/t26-/m0/s1. The highest BCUT2D eigenvalue weighted by molar-refractivity contribution is 5.75. The second-order valence-electron chi connectivity index (χ2n) is 9.68. The molecule has 5 nitrogen and oxygen atoms in total. The summed E-state index contributed by atoms with van der Waals surface area (Å²) < 4.78 is 0. The van der Waals surface area contributed by atoms with Gasteiger partial charge in [0.05, 0.1) is 0 Å². The molecule has 0 fully saturated rings. The fraction of sp³-hybridized carbons (Fsp3) is 0.857. The Morgan fingerprint density at radius 2 is 1.27 bits per heavy atom. The van der Waals surface area contributed by atoms with Gasteiger partial charge >= 0.3 is 5.97 Å². The molecule has 1 atom stereocenters. The normalized spacial score (nSPS) is 12.5. The molecule has 33 heavy (non-hydrogen) atoms. The lowest BCUT2D eigenvalue weighted by atomic mass is 10.0. The van der Waals surface area contributed by atoms with Crippen LogP contribution in [0.3, 0.4) is 0 Å². The number of hydrogen-bond donors (Lipinski definition) is 2. The van der Waals surface area contributed by atoms with E-state index in [-0.39, 0.29) is 5.91 Å². The van der Waals surface area contributed by atoms with Gasteiger partial charge in [-0.2, -0.15) is 0 Å². The van der Waals surface area contributed by atoms with E-state index in [1.807, 2.05) is 0 Å². The monoisotopic (exact) mass is 466 g/mol. The molecule has 194 valence electrons. The van der Waals surface area contributed by atoms with Gasteiger partial charge in [-0.1, -0.05) is 89.7 Å². The predicted molar refractivity (Wildman–Crippen MR) is 141 cm³/mol. The maximum Gasteiger partial charge on any atom is 0.320 e. The van der Waals surface area contributed by atoms with Crippen LogP contribution in [0.25, 0.3) is 0 Å². The molecule has 2 N–H and O–H groups in total. The van der Waals surface area contributed by atoms with Crippen molar-refractivity contribution in [3.05, 3.63) is 12.2 Å². The number of nitrogens with one attached hydrogen (secondary N) is 1. The Morgan fingerprint density at radius 1 is 0.758 bits per heavy atom. The van der Waals surface area contributed by atoms with Gasteiger partial charge in [0.25, 0.3) is 0 Å². The number of carboxylic acids is 1. The van der Waals surface area contributed by atoms with Gasteiger partial charge in [-0.15, -0.1) is 0 Å². The number of carbonyl (C=O) groups is 2. The molecule has 0 heterocycles. The van der Waals surface area contributed by atoms with Crippen LogP contribution >= 0.6 is 0 Å². The third-order valence-corrected chi connectivity index (χ3v) is 6.31. The zero-order valence-corrected chi connectivity index (χ0v) is 22.1. The Morgan fingerprint density at radius 3 is 1.76 bits per heavy atom. The van der Waals surface area contributed by atoms with E-state index in [0.717, 1.165) is 32.1 Å². The molecule has 0 aromatic rings. The van der Waals surface area contributed by atoms with E-state index in [0.29, 0.717) is 19.4 Å².